The van der Waals surface area contributed by atoms with Gasteiger partial charge < -0.3 is 14.2 Å². The summed E-state index contributed by atoms with van der Waals surface area (Å²) < 4.78 is 16.1. The van der Waals surface area contributed by atoms with Gasteiger partial charge in [0.05, 0.1) is 13.7 Å². The minimum Gasteiger partial charge on any atom is -0.493 e. The second-order valence-electron chi connectivity index (χ2n) is 4.91. The van der Waals surface area contributed by atoms with E-state index >= 15 is 0 Å². The van der Waals surface area contributed by atoms with Crippen LogP contribution in [0.3, 0.4) is 0 Å². The van der Waals surface area contributed by atoms with E-state index < -0.39 is 0 Å². The van der Waals surface area contributed by atoms with Crippen LogP contribution in [0.4, 0.5) is 0 Å². The van der Waals surface area contributed by atoms with Crippen molar-refractivity contribution in [2.45, 2.75) is 13.8 Å². The predicted octanol–water partition coefficient (Wildman–Crippen LogP) is 4.37. The van der Waals surface area contributed by atoms with Crippen molar-refractivity contribution < 1.29 is 19.0 Å². The van der Waals surface area contributed by atoms with Crippen molar-refractivity contribution in [1.82, 2.24) is 0 Å². The Morgan fingerprint density at radius 3 is 2.48 bits per heavy atom. The molecule has 0 aromatic heterocycles. The van der Waals surface area contributed by atoms with E-state index in [2.05, 4.69) is 0 Å². The Labute approximate surface area is 136 Å². The number of hydrogen-bond donors (Lipinski definition) is 0. The fraction of sp³-hybridized carbons (Fsp3) is 0.211. The van der Waals surface area contributed by atoms with Crippen molar-refractivity contribution in [2.75, 3.05) is 13.7 Å². The highest BCUT2D eigenvalue weighted by Gasteiger charge is 2.07. The van der Waals surface area contributed by atoms with E-state index in [4.69, 9.17) is 14.2 Å². The van der Waals surface area contributed by atoms with Crippen molar-refractivity contribution in [3.05, 3.63) is 59.7 Å². The SMILES string of the molecule is CCOC(=O)/C=C/c1ccc(OC)c(Oc2ccc(C)cc2)c1. The minimum atomic E-state index is -0.371. The maximum atomic E-state index is 11.4. The van der Waals surface area contributed by atoms with Crippen LogP contribution in [0.15, 0.2) is 48.5 Å². The van der Waals surface area contributed by atoms with Gasteiger partial charge in [-0.2, -0.15) is 0 Å². The Bertz CT molecular complexity index is 687. The summed E-state index contributed by atoms with van der Waals surface area (Å²) >= 11 is 0. The Kier molecular flexibility index (Phi) is 5.80. The zero-order valence-corrected chi connectivity index (χ0v) is 13.5. The molecule has 0 fully saturated rings. The summed E-state index contributed by atoms with van der Waals surface area (Å²) in [4.78, 5) is 11.4. The first-order valence-corrected chi connectivity index (χ1v) is 7.39. The van der Waals surface area contributed by atoms with Crippen LogP contribution in [0, 0.1) is 6.92 Å². The fourth-order valence-electron chi connectivity index (χ4n) is 1.96. The van der Waals surface area contributed by atoms with Gasteiger partial charge in [0, 0.05) is 6.08 Å². The summed E-state index contributed by atoms with van der Waals surface area (Å²) in [7, 11) is 1.59. The average molecular weight is 312 g/mol. The summed E-state index contributed by atoms with van der Waals surface area (Å²) in [5, 5.41) is 0. The number of methoxy groups -OCH3 is 1. The van der Waals surface area contributed by atoms with Gasteiger partial charge in [-0.15, -0.1) is 0 Å². The number of ether oxygens (including phenoxy) is 3. The van der Waals surface area contributed by atoms with Crippen molar-refractivity contribution in [3.63, 3.8) is 0 Å². The molecule has 2 rings (SSSR count). The second kappa shape index (κ2) is 8.03. The van der Waals surface area contributed by atoms with E-state index in [1.54, 1.807) is 26.2 Å². The zero-order chi connectivity index (χ0) is 16.7. The van der Waals surface area contributed by atoms with Gasteiger partial charge in [-0.05, 0) is 49.8 Å². The van der Waals surface area contributed by atoms with Crippen molar-refractivity contribution in [2.24, 2.45) is 0 Å². The molecule has 4 heteroatoms. The molecule has 0 bridgehead atoms. The molecule has 0 aliphatic rings. The molecule has 0 amide bonds. The van der Waals surface area contributed by atoms with E-state index in [9.17, 15) is 4.79 Å². The molecular weight excluding hydrogens is 292 g/mol. The fourth-order valence-corrected chi connectivity index (χ4v) is 1.96. The van der Waals surface area contributed by atoms with E-state index in [1.807, 2.05) is 43.3 Å². The monoisotopic (exact) mass is 312 g/mol. The van der Waals surface area contributed by atoms with Gasteiger partial charge in [0.25, 0.3) is 0 Å². The van der Waals surface area contributed by atoms with Crippen molar-refractivity contribution >= 4 is 12.0 Å². The molecule has 0 saturated carbocycles. The molecule has 0 unspecified atom stereocenters. The lowest BCUT2D eigenvalue weighted by atomic mass is 10.2. The Morgan fingerprint density at radius 1 is 1.09 bits per heavy atom. The Balaban J connectivity index is 2.21. The number of aryl methyl sites for hydroxylation is 1. The molecule has 0 aliphatic heterocycles. The van der Waals surface area contributed by atoms with Crippen molar-refractivity contribution in [3.8, 4) is 17.2 Å². The first-order chi connectivity index (χ1) is 11.1. The van der Waals surface area contributed by atoms with Gasteiger partial charge in [0.15, 0.2) is 11.5 Å². The number of esters is 1. The Morgan fingerprint density at radius 2 is 1.83 bits per heavy atom. The summed E-state index contributed by atoms with van der Waals surface area (Å²) in [6.45, 7) is 4.14. The van der Waals surface area contributed by atoms with Gasteiger partial charge in [-0.1, -0.05) is 23.8 Å². The average Bonchev–Trinajstić information content (AvgIpc) is 2.55. The summed E-state index contributed by atoms with van der Waals surface area (Å²) in [6, 6.07) is 13.2. The van der Waals surface area contributed by atoms with Crippen LogP contribution in [-0.2, 0) is 9.53 Å². The van der Waals surface area contributed by atoms with Crippen LogP contribution < -0.4 is 9.47 Å². The highest BCUT2D eigenvalue weighted by molar-refractivity contribution is 5.87. The smallest absolute Gasteiger partial charge is 0.330 e. The summed E-state index contributed by atoms with van der Waals surface area (Å²) in [5.74, 6) is 1.56. The van der Waals surface area contributed by atoms with E-state index in [-0.39, 0.29) is 5.97 Å². The molecule has 0 radical (unpaired) electrons. The van der Waals surface area contributed by atoms with Crippen molar-refractivity contribution in [1.29, 1.82) is 0 Å². The number of carbonyl (C=O) groups is 1. The summed E-state index contributed by atoms with van der Waals surface area (Å²) in [5.41, 5.74) is 1.98. The highest BCUT2D eigenvalue weighted by Crippen LogP contribution is 2.32. The molecule has 2 aromatic rings. The van der Waals surface area contributed by atoms with E-state index in [0.29, 0.717) is 18.1 Å². The zero-order valence-electron chi connectivity index (χ0n) is 13.5. The van der Waals surface area contributed by atoms with Gasteiger partial charge in [-0.3, -0.25) is 0 Å². The third-order valence-corrected chi connectivity index (χ3v) is 3.13. The topological polar surface area (TPSA) is 44.8 Å². The van der Waals surface area contributed by atoms with Crippen LogP contribution in [0.1, 0.15) is 18.1 Å². The molecule has 2 aromatic carbocycles. The van der Waals surface area contributed by atoms with Crippen LogP contribution >= 0.6 is 0 Å². The van der Waals surface area contributed by atoms with E-state index in [1.165, 1.54) is 6.08 Å². The van der Waals surface area contributed by atoms with Gasteiger partial charge in [0.2, 0.25) is 0 Å². The standard InChI is InChI=1S/C19H20O4/c1-4-22-19(20)12-8-15-7-11-17(21-3)18(13-15)23-16-9-5-14(2)6-10-16/h5-13H,4H2,1-3H3/b12-8+. The molecular formula is C19H20O4. The molecule has 4 nitrogen and oxygen atoms in total. The molecule has 0 atom stereocenters. The van der Waals surface area contributed by atoms with Crippen LogP contribution in [0.5, 0.6) is 17.2 Å². The van der Waals surface area contributed by atoms with Crippen LogP contribution in [-0.4, -0.2) is 19.7 Å². The first-order valence-electron chi connectivity index (χ1n) is 7.39. The normalized spacial score (nSPS) is 10.6. The van der Waals surface area contributed by atoms with E-state index in [0.717, 1.165) is 16.9 Å². The lowest BCUT2D eigenvalue weighted by Crippen LogP contribution is -1.98. The molecule has 120 valence electrons. The van der Waals surface area contributed by atoms with Gasteiger partial charge >= 0.3 is 5.97 Å². The maximum absolute atomic E-state index is 11.4. The number of rotatable bonds is 6. The molecule has 0 heterocycles. The van der Waals surface area contributed by atoms with Crippen LogP contribution in [0.2, 0.25) is 0 Å². The number of hydrogen-bond acceptors (Lipinski definition) is 4. The third-order valence-electron chi connectivity index (χ3n) is 3.13. The molecule has 0 saturated heterocycles. The first kappa shape index (κ1) is 16.6. The number of benzene rings is 2. The molecule has 0 spiro atoms. The number of carbonyl (C=O) groups excluding carboxylic acids is 1. The molecule has 0 N–H and O–H groups in total. The largest absolute Gasteiger partial charge is 0.493 e. The third kappa shape index (κ3) is 4.88. The Hall–Kier alpha value is -2.75. The molecule has 0 aliphatic carbocycles. The maximum Gasteiger partial charge on any atom is 0.330 e. The van der Waals surface area contributed by atoms with Gasteiger partial charge in [-0.25, -0.2) is 4.79 Å². The second-order valence-corrected chi connectivity index (χ2v) is 4.91. The van der Waals surface area contributed by atoms with Gasteiger partial charge in [0.1, 0.15) is 5.75 Å². The lowest BCUT2D eigenvalue weighted by molar-refractivity contribution is -0.137. The minimum absolute atomic E-state index is 0.355. The lowest BCUT2D eigenvalue weighted by Gasteiger charge is -2.11. The highest BCUT2D eigenvalue weighted by atomic mass is 16.5. The summed E-state index contributed by atoms with van der Waals surface area (Å²) in [6.07, 6.45) is 3.07. The molecule has 23 heavy (non-hydrogen) atoms. The quantitative estimate of drug-likeness (QED) is 0.587. The predicted molar refractivity (Wildman–Crippen MR) is 89.9 cm³/mol. The van der Waals surface area contributed by atoms with Crippen LogP contribution in [0.25, 0.3) is 6.08 Å².